The summed E-state index contributed by atoms with van der Waals surface area (Å²) in [6.07, 6.45) is -2.90. The number of ether oxygens (including phenoxy) is 2. The molecule has 1 N–H and O–H groups in total. The summed E-state index contributed by atoms with van der Waals surface area (Å²) in [5, 5.41) is 2.58. The standard InChI is InChI=1S/C26H25F3N2O4/c1-14-21(25(33)31-16-8-4-7-15(13-16)26(27,28)29)22(23-18(30-14)10-6-11-19(23)32)17-9-5-12-20(34-2)24(17)35-3/h4-5,7-9,12-13,22-23H,6,10-11H2,1-3H3,(H,31,33)/t22-,23+/m1/s1. The molecule has 0 aromatic heterocycles. The maximum atomic E-state index is 13.6. The van der Waals surface area contributed by atoms with E-state index in [0.29, 0.717) is 47.7 Å². The number of ketones is 1. The van der Waals surface area contributed by atoms with Gasteiger partial charge in [0, 0.05) is 40.6 Å². The summed E-state index contributed by atoms with van der Waals surface area (Å²) in [7, 11) is 2.96. The molecule has 9 heteroatoms. The first-order chi connectivity index (χ1) is 16.7. The van der Waals surface area contributed by atoms with E-state index in [4.69, 9.17) is 9.47 Å². The average Bonchev–Trinajstić information content (AvgIpc) is 2.82. The van der Waals surface area contributed by atoms with E-state index in [0.717, 1.165) is 12.1 Å². The number of fused-ring (bicyclic) bond motifs is 1. The first-order valence-corrected chi connectivity index (χ1v) is 11.2. The van der Waals surface area contributed by atoms with Crippen molar-refractivity contribution in [3.63, 3.8) is 0 Å². The highest BCUT2D eigenvalue weighted by molar-refractivity contribution is 6.14. The van der Waals surface area contributed by atoms with Crippen molar-refractivity contribution in [1.29, 1.82) is 0 Å². The van der Waals surface area contributed by atoms with Crippen LogP contribution in [0.3, 0.4) is 0 Å². The number of methoxy groups -OCH3 is 2. The average molecular weight is 486 g/mol. The number of amides is 1. The van der Waals surface area contributed by atoms with Crippen molar-refractivity contribution in [3.05, 3.63) is 64.9 Å². The first-order valence-electron chi connectivity index (χ1n) is 11.2. The highest BCUT2D eigenvalue weighted by atomic mass is 19.4. The van der Waals surface area contributed by atoms with Gasteiger partial charge < -0.3 is 14.8 Å². The van der Waals surface area contributed by atoms with Crippen LogP contribution in [-0.2, 0) is 15.8 Å². The molecule has 2 aromatic carbocycles. The number of benzene rings is 2. The molecule has 184 valence electrons. The molecule has 1 aliphatic heterocycles. The number of carbonyl (C=O) groups excluding carboxylic acids is 2. The molecule has 1 fully saturated rings. The Labute approximate surface area is 200 Å². The fourth-order valence-corrected chi connectivity index (χ4v) is 4.88. The molecular weight excluding hydrogens is 461 g/mol. The summed E-state index contributed by atoms with van der Waals surface area (Å²) in [4.78, 5) is 31.3. The van der Waals surface area contributed by atoms with E-state index in [9.17, 15) is 22.8 Å². The van der Waals surface area contributed by atoms with Crippen molar-refractivity contribution in [2.24, 2.45) is 10.9 Å². The molecule has 1 aliphatic carbocycles. The normalized spacial score (nSPS) is 20.2. The van der Waals surface area contributed by atoms with Gasteiger partial charge in [-0.05, 0) is 44.0 Å². The van der Waals surface area contributed by atoms with Crippen LogP contribution in [-0.4, -0.2) is 31.6 Å². The second-order valence-corrected chi connectivity index (χ2v) is 8.49. The molecule has 2 aliphatic rings. The van der Waals surface area contributed by atoms with Crippen LogP contribution in [0.4, 0.5) is 18.9 Å². The second-order valence-electron chi connectivity index (χ2n) is 8.49. The smallest absolute Gasteiger partial charge is 0.416 e. The second kappa shape index (κ2) is 9.56. The summed E-state index contributed by atoms with van der Waals surface area (Å²) < 4.78 is 50.6. The third kappa shape index (κ3) is 4.67. The van der Waals surface area contributed by atoms with Crippen molar-refractivity contribution >= 4 is 23.1 Å². The molecule has 6 nitrogen and oxygen atoms in total. The van der Waals surface area contributed by atoms with Gasteiger partial charge in [0.05, 0.1) is 25.7 Å². The summed E-state index contributed by atoms with van der Waals surface area (Å²) >= 11 is 0. The predicted molar refractivity (Wildman–Crippen MR) is 125 cm³/mol. The lowest BCUT2D eigenvalue weighted by atomic mass is 9.69. The largest absolute Gasteiger partial charge is 0.493 e. The molecule has 2 aromatic rings. The zero-order valence-corrected chi connectivity index (χ0v) is 19.5. The van der Waals surface area contributed by atoms with Crippen molar-refractivity contribution in [2.45, 2.75) is 38.3 Å². The molecule has 0 spiro atoms. The Balaban J connectivity index is 1.83. The fraction of sp³-hybridized carbons (Fsp3) is 0.346. The van der Waals surface area contributed by atoms with Crippen LogP contribution in [0.25, 0.3) is 0 Å². The minimum Gasteiger partial charge on any atom is -0.493 e. The van der Waals surface area contributed by atoms with Crippen LogP contribution < -0.4 is 14.8 Å². The SMILES string of the molecule is COc1cccc([C@@H]2C(C(=O)Nc3cccc(C(F)(F)F)c3)=C(C)N=C3CCCC(=O)[C@H]32)c1OC. The van der Waals surface area contributed by atoms with Crippen molar-refractivity contribution < 1.29 is 32.2 Å². The molecule has 2 atom stereocenters. The van der Waals surface area contributed by atoms with Crippen LogP contribution in [0, 0.1) is 5.92 Å². The third-order valence-electron chi connectivity index (χ3n) is 6.37. The number of aliphatic imine (C=N–C) groups is 1. The van der Waals surface area contributed by atoms with Gasteiger partial charge in [-0.3, -0.25) is 14.6 Å². The van der Waals surface area contributed by atoms with E-state index >= 15 is 0 Å². The number of anilines is 1. The van der Waals surface area contributed by atoms with E-state index in [1.165, 1.54) is 26.4 Å². The van der Waals surface area contributed by atoms with E-state index in [2.05, 4.69) is 10.3 Å². The maximum absolute atomic E-state index is 13.6. The summed E-state index contributed by atoms with van der Waals surface area (Å²) in [6.45, 7) is 1.67. The zero-order valence-electron chi connectivity index (χ0n) is 19.5. The minimum atomic E-state index is -4.55. The van der Waals surface area contributed by atoms with Gasteiger partial charge in [0.25, 0.3) is 5.91 Å². The van der Waals surface area contributed by atoms with Crippen LogP contribution in [0.1, 0.15) is 43.2 Å². The Bertz CT molecular complexity index is 1230. The first kappa shape index (κ1) is 24.5. The third-order valence-corrected chi connectivity index (χ3v) is 6.37. The number of nitrogens with one attached hydrogen (secondary N) is 1. The van der Waals surface area contributed by atoms with E-state index in [-0.39, 0.29) is 17.0 Å². The van der Waals surface area contributed by atoms with Gasteiger partial charge in [0.2, 0.25) is 0 Å². The zero-order chi connectivity index (χ0) is 25.3. The highest BCUT2D eigenvalue weighted by Gasteiger charge is 2.44. The Morgan fingerprint density at radius 2 is 1.80 bits per heavy atom. The molecule has 4 rings (SSSR count). The van der Waals surface area contributed by atoms with Crippen LogP contribution in [0.15, 0.2) is 58.7 Å². The molecule has 0 bridgehead atoms. The maximum Gasteiger partial charge on any atom is 0.416 e. The number of nitrogens with zero attached hydrogens (tertiary/aromatic N) is 1. The predicted octanol–water partition coefficient (Wildman–Crippen LogP) is 5.54. The van der Waals surface area contributed by atoms with Gasteiger partial charge in [0.15, 0.2) is 11.5 Å². The van der Waals surface area contributed by atoms with Gasteiger partial charge in [-0.15, -0.1) is 0 Å². The molecule has 1 heterocycles. The minimum absolute atomic E-state index is 0.00812. The van der Waals surface area contributed by atoms with Crippen LogP contribution >= 0.6 is 0 Å². The van der Waals surface area contributed by atoms with Gasteiger partial charge in [0.1, 0.15) is 5.78 Å². The monoisotopic (exact) mass is 486 g/mol. The number of hydrogen-bond acceptors (Lipinski definition) is 5. The van der Waals surface area contributed by atoms with E-state index in [1.54, 1.807) is 25.1 Å². The molecule has 0 radical (unpaired) electrons. The summed E-state index contributed by atoms with van der Waals surface area (Å²) in [5.74, 6) is -1.24. The number of allylic oxidation sites excluding steroid dienone is 1. The molecule has 1 amide bonds. The van der Waals surface area contributed by atoms with Crippen molar-refractivity contribution in [3.8, 4) is 11.5 Å². The number of alkyl halides is 3. The molecule has 0 saturated heterocycles. The number of carbonyl (C=O) groups is 2. The van der Waals surface area contributed by atoms with Crippen molar-refractivity contribution in [1.82, 2.24) is 0 Å². The number of Topliss-reactive ketones (excluding diaryl/α,β-unsaturated/α-hetero) is 1. The van der Waals surface area contributed by atoms with Gasteiger partial charge in [-0.25, -0.2) is 0 Å². The number of halogens is 3. The molecular formula is C26H25F3N2O4. The van der Waals surface area contributed by atoms with Gasteiger partial charge in [-0.1, -0.05) is 18.2 Å². The quantitative estimate of drug-likeness (QED) is 0.602. The van der Waals surface area contributed by atoms with Crippen molar-refractivity contribution in [2.75, 3.05) is 19.5 Å². The topological polar surface area (TPSA) is 77.0 Å². The van der Waals surface area contributed by atoms with Crippen LogP contribution in [0.5, 0.6) is 11.5 Å². The molecule has 35 heavy (non-hydrogen) atoms. The summed E-state index contributed by atoms with van der Waals surface area (Å²) in [6, 6.07) is 9.63. The Morgan fingerprint density at radius 1 is 1.06 bits per heavy atom. The highest BCUT2D eigenvalue weighted by Crippen LogP contribution is 2.48. The number of hydrogen-bond donors (Lipinski definition) is 1. The Kier molecular flexibility index (Phi) is 6.69. The Morgan fingerprint density at radius 3 is 2.49 bits per heavy atom. The lowest BCUT2D eigenvalue weighted by Gasteiger charge is -2.36. The molecule has 0 unspecified atom stereocenters. The van der Waals surface area contributed by atoms with E-state index in [1.807, 2.05) is 0 Å². The van der Waals surface area contributed by atoms with Gasteiger partial charge >= 0.3 is 6.18 Å². The fourth-order valence-electron chi connectivity index (χ4n) is 4.88. The Hall–Kier alpha value is -3.62. The lowest BCUT2D eigenvalue weighted by molar-refractivity contribution is -0.137. The van der Waals surface area contributed by atoms with E-state index < -0.39 is 29.5 Å². The summed E-state index contributed by atoms with van der Waals surface area (Å²) in [5.41, 5.74) is 1.00. The van der Waals surface area contributed by atoms with Gasteiger partial charge in [-0.2, -0.15) is 13.2 Å². The van der Waals surface area contributed by atoms with Crippen LogP contribution in [0.2, 0.25) is 0 Å². The molecule has 1 saturated carbocycles. The number of para-hydroxylation sites is 1. The number of rotatable bonds is 5. The lowest BCUT2D eigenvalue weighted by Crippen LogP contribution is -2.39.